The van der Waals surface area contributed by atoms with Crippen molar-refractivity contribution in [2.45, 2.75) is 0 Å². The van der Waals surface area contributed by atoms with Gasteiger partial charge in [0, 0.05) is 17.0 Å². The number of nitrogens with zero attached hydrogens (tertiary/aromatic N) is 2. The average molecular weight is 314 g/mol. The van der Waals surface area contributed by atoms with E-state index < -0.39 is 0 Å². The fraction of sp³-hybridized carbons (Fsp3) is 0.0625. The number of rotatable bonds is 3. The van der Waals surface area contributed by atoms with E-state index in [9.17, 15) is 4.79 Å². The van der Waals surface area contributed by atoms with E-state index >= 15 is 0 Å². The molecule has 110 valence electrons. The van der Waals surface area contributed by atoms with Gasteiger partial charge in [0.1, 0.15) is 10.9 Å². The van der Waals surface area contributed by atoms with Gasteiger partial charge in [-0.25, -0.2) is 9.97 Å². The molecule has 1 aromatic heterocycles. The van der Waals surface area contributed by atoms with E-state index in [1.54, 1.807) is 49.6 Å². The summed E-state index contributed by atoms with van der Waals surface area (Å²) in [5.41, 5.74) is 1.12. The van der Waals surface area contributed by atoms with Crippen LogP contribution in [-0.2, 0) is 0 Å². The lowest BCUT2D eigenvalue weighted by Gasteiger charge is -2.07. The zero-order valence-electron chi connectivity index (χ0n) is 11.7. The van der Waals surface area contributed by atoms with Crippen molar-refractivity contribution in [3.05, 3.63) is 59.2 Å². The Kier molecular flexibility index (Phi) is 3.89. The number of amides is 1. The average Bonchev–Trinajstić information content (AvgIpc) is 2.55. The first-order chi connectivity index (χ1) is 10.7. The van der Waals surface area contributed by atoms with Crippen LogP contribution in [0.3, 0.4) is 0 Å². The van der Waals surface area contributed by atoms with Gasteiger partial charge >= 0.3 is 0 Å². The van der Waals surface area contributed by atoms with Gasteiger partial charge in [-0.3, -0.25) is 10.1 Å². The molecule has 0 radical (unpaired) electrons. The molecule has 0 aliphatic heterocycles. The maximum absolute atomic E-state index is 12.1. The van der Waals surface area contributed by atoms with E-state index in [-0.39, 0.29) is 17.0 Å². The third kappa shape index (κ3) is 2.84. The third-order valence-corrected chi connectivity index (χ3v) is 3.41. The van der Waals surface area contributed by atoms with E-state index in [2.05, 4.69) is 15.3 Å². The quantitative estimate of drug-likeness (QED) is 0.751. The first-order valence-corrected chi connectivity index (χ1v) is 6.93. The van der Waals surface area contributed by atoms with Crippen molar-refractivity contribution in [1.29, 1.82) is 0 Å². The lowest BCUT2D eigenvalue weighted by Crippen LogP contribution is -2.14. The molecule has 0 unspecified atom stereocenters. The second-order valence-corrected chi connectivity index (χ2v) is 4.90. The fourth-order valence-electron chi connectivity index (χ4n) is 2.02. The summed E-state index contributed by atoms with van der Waals surface area (Å²) >= 11 is 6.14. The monoisotopic (exact) mass is 313 g/mol. The van der Waals surface area contributed by atoms with E-state index in [1.165, 1.54) is 0 Å². The van der Waals surface area contributed by atoms with E-state index in [1.807, 2.05) is 6.07 Å². The van der Waals surface area contributed by atoms with Crippen LogP contribution in [0.2, 0.25) is 5.15 Å². The number of halogens is 1. The molecule has 3 rings (SSSR count). The molecule has 0 saturated carbocycles. The summed E-state index contributed by atoms with van der Waals surface area (Å²) in [4.78, 5) is 20.5. The Balaban J connectivity index is 1.95. The number of methoxy groups -OCH3 is 1. The van der Waals surface area contributed by atoms with Gasteiger partial charge in [0.25, 0.3) is 5.91 Å². The first-order valence-electron chi connectivity index (χ1n) is 6.55. The normalized spacial score (nSPS) is 10.5. The van der Waals surface area contributed by atoms with Crippen molar-refractivity contribution in [1.82, 2.24) is 9.97 Å². The summed E-state index contributed by atoms with van der Waals surface area (Å²) in [6, 6.07) is 14.1. The number of hydrogen-bond acceptors (Lipinski definition) is 4. The maximum Gasteiger partial charge on any atom is 0.258 e. The van der Waals surface area contributed by atoms with Gasteiger partial charge in [-0.2, -0.15) is 0 Å². The van der Waals surface area contributed by atoms with Crippen LogP contribution >= 0.6 is 11.6 Å². The highest BCUT2D eigenvalue weighted by molar-refractivity contribution is 6.34. The topological polar surface area (TPSA) is 64.1 Å². The second kappa shape index (κ2) is 5.99. The molecule has 0 spiro atoms. The molecule has 1 amide bonds. The zero-order valence-corrected chi connectivity index (χ0v) is 12.5. The molecule has 0 atom stereocenters. The van der Waals surface area contributed by atoms with Gasteiger partial charge in [0.15, 0.2) is 0 Å². The Morgan fingerprint density at radius 3 is 2.64 bits per heavy atom. The van der Waals surface area contributed by atoms with Crippen LogP contribution in [0.4, 0.5) is 5.95 Å². The molecule has 22 heavy (non-hydrogen) atoms. The summed E-state index contributed by atoms with van der Waals surface area (Å²) in [7, 11) is 1.57. The maximum atomic E-state index is 12.1. The SMILES string of the molecule is COc1ccc2c(Cl)nc(NC(=O)c3ccccc3)nc2c1. The van der Waals surface area contributed by atoms with Crippen molar-refractivity contribution in [2.75, 3.05) is 12.4 Å². The summed E-state index contributed by atoms with van der Waals surface area (Å²) < 4.78 is 5.16. The lowest BCUT2D eigenvalue weighted by atomic mass is 10.2. The van der Waals surface area contributed by atoms with Crippen LogP contribution in [0.15, 0.2) is 48.5 Å². The van der Waals surface area contributed by atoms with Crippen molar-refractivity contribution in [3.63, 3.8) is 0 Å². The largest absolute Gasteiger partial charge is 0.497 e. The smallest absolute Gasteiger partial charge is 0.258 e. The predicted molar refractivity (Wildman–Crippen MR) is 85.5 cm³/mol. The van der Waals surface area contributed by atoms with Crippen LogP contribution in [-0.4, -0.2) is 23.0 Å². The molecule has 0 aliphatic carbocycles. The number of anilines is 1. The summed E-state index contributed by atoms with van der Waals surface area (Å²) in [5.74, 6) is 0.515. The van der Waals surface area contributed by atoms with E-state index in [0.29, 0.717) is 22.2 Å². The minimum atomic E-state index is -0.293. The highest BCUT2D eigenvalue weighted by Gasteiger charge is 2.11. The van der Waals surface area contributed by atoms with Gasteiger partial charge in [-0.05, 0) is 24.3 Å². The number of ether oxygens (including phenoxy) is 1. The lowest BCUT2D eigenvalue weighted by molar-refractivity contribution is 0.102. The summed E-state index contributed by atoms with van der Waals surface area (Å²) in [6.45, 7) is 0. The molecule has 1 N–H and O–H groups in total. The minimum Gasteiger partial charge on any atom is -0.497 e. The molecule has 0 fully saturated rings. The Hall–Kier alpha value is -2.66. The van der Waals surface area contributed by atoms with Crippen LogP contribution in [0, 0.1) is 0 Å². The first kappa shape index (κ1) is 14.3. The molecular formula is C16H12ClN3O2. The molecule has 0 aliphatic rings. The number of carbonyl (C=O) groups excluding carboxylic acids is 1. The summed E-state index contributed by atoms with van der Waals surface area (Å²) in [5, 5.41) is 3.61. The highest BCUT2D eigenvalue weighted by atomic mass is 35.5. The van der Waals surface area contributed by atoms with E-state index in [4.69, 9.17) is 16.3 Å². The van der Waals surface area contributed by atoms with Crippen molar-refractivity contribution < 1.29 is 9.53 Å². The third-order valence-electron chi connectivity index (χ3n) is 3.12. The minimum absolute atomic E-state index is 0.152. The second-order valence-electron chi connectivity index (χ2n) is 4.54. The Morgan fingerprint density at radius 2 is 1.91 bits per heavy atom. The van der Waals surface area contributed by atoms with Gasteiger partial charge in [-0.1, -0.05) is 29.8 Å². The van der Waals surface area contributed by atoms with Crippen molar-refractivity contribution in [3.8, 4) is 5.75 Å². The van der Waals surface area contributed by atoms with E-state index in [0.717, 1.165) is 0 Å². The number of benzene rings is 2. The molecule has 2 aromatic carbocycles. The Labute approximate surface area is 131 Å². The Morgan fingerprint density at radius 1 is 1.14 bits per heavy atom. The molecule has 0 bridgehead atoms. The predicted octanol–water partition coefficient (Wildman–Crippen LogP) is 3.54. The van der Waals surface area contributed by atoms with Gasteiger partial charge in [0.05, 0.1) is 12.6 Å². The Bertz CT molecular complexity index is 837. The molecule has 1 heterocycles. The van der Waals surface area contributed by atoms with Crippen LogP contribution < -0.4 is 10.1 Å². The van der Waals surface area contributed by atoms with Gasteiger partial charge in [0.2, 0.25) is 5.95 Å². The summed E-state index contributed by atoms with van der Waals surface area (Å²) in [6.07, 6.45) is 0. The highest BCUT2D eigenvalue weighted by Crippen LogP contribution is 2.25. The zero-order chi connectivity index (χ0) is 15.5. The molecule has 5 nitrogen and oxygen atoms in total. The van der Waals surface area contributed by atoms with Crippen LogP contribution in [0.5, 0.6) is 5.75 Å². The fourth-order valence-corrected chi connectivity index (χ4v) is 2.26. The van der Waals surface area contributed by atoms with Crippen molar-refractivity contribution in [2.24, 2.45) is 0 Å². The molecule has 0 saturated heterocycles. The number of aromatic nitrogens is 2. The van der Waals surface area contributed by atoms with Crippen LogP contribution in [0.25, 0.3) is 10.9 Å². The number of fused-ring (bicyclic) bond motifs is 1. The number of hydrogen-bond donors (Lipinski definition) is 1. The van der Waals surface area contributed by atoms with Crippen molar-refractivity contribution >= 4 is 34.4 Å². The van der Waals surface area contributed by atoms with Crippen LogP contribution in [0.1, 0.15) is 10.4 Å². The molecule has 3 aromatic rings. The standard InChI is InChI=1S/C16H12ClN3O2/c1-22-11-7-8-12-13(9-11)18-16(19-14(12)17)20-15(21)10-5-3-2-4-6-10/h2-9H,1H3,(H,18,19,20,21). The van der Waals surface area contributed by atoms with Gasteiger partial charge < -0.3 is 4.74 Å². The molecule has 6 heteroatoms. The number of nitrogens with one attached hydrogen (secondary N) is 1. The number of carbonyl (C=O) groups is 1. The molecular weight excluding hydrogens is 302 g/mol. The van der Waals surface area contributed by atoms with Gasteiger partial charge in [-0.15, -0.1) is 0 Å².